The Labute approximate surface area is 113 Å². The van der Waals surface area contributed by atoms with E-state index in [1.165, 1.54) is 13.5 Å². The first-order chi connectivity index (χ1) is 9.13. The normalized spacial score (nSPS) is 18.2. The van der Waals surface area contributed by atoms with Gasteiger partial charge in [0.05, 0.1) is 12.7 Å². The highest BCUT2D eigenvalue weighted by Crippen LogP contribution is 2.27. The number of ether oxygens (including phenoxy) is 1. The predicted octanol–water partition coefficient (Wildman–Crippen LogP) is 1.59. The van der Waals surface area contributed by atoms with Gasteiger partial charge in [-0.3, -0.25) is 0 Å². The molecule has 3 N–H and O–H groups in total. The van der Waals surface area contributed by atoms with E-state index in [0.29, 0.717) is 18.8 Å². The molecule has 2 rings (SSSR count). The molecular weight excluding hydrogens is 244 g/mol. The van der Waals surface area contributed by atoms with Crippen molar-refractivity contribution in [1.82, 2.24) is 10.3 Å². The molecule has 5 nitrogen and oxygen atoms in total. The molecule has 0 spiro atoms. The third-order valence-corrected chi connectivity index (χ3v) is 3.71. The molecule has 0 bridgehead atoms. The van der Waals surface area contributed by atoms with Crippen LogP contribution in [0.25, 0.3) is 0 Å². The number of esters is 1. The Balaban J connectivity index is 1.79. The highest BCUT2D eigenvalue weighted by Gasteiger charge is 2.28. The zero-order valence-corrected chi connectivity index (χ0v) is 11.4. The first kappa shape index (κ1) is 14.1. The van der Waals surface area contributed by atoms with E-state index in [1.54, 1.807) is 6.07 Å². The number of hydrogen-bond acceptors (Lipinski definition) is 4. The van der Waals surface area contributed by atoms with Crippen molar-refractivity contribution in [2.45, 2.75) is 44.2 Å². The van der Waals surface area contributed by atoms with Gasteiger partial charge in [-0.25, -0.2) is 4.79 Å². The number of aromatic amines is 1. The van der Waals surface area contributed by atoms with Gasteiger partial charge in [0.2, 0.25) is 0 Å². The Morgan fingerprint density at radius 2 is 2.16 bits per heavy atom. The van der Waals surface area contributed by atoms with Crippen molar-refractivity contribution in [2.24, 2.45) is 0 Å². The monoisotopic (exact) mass is 266 g/mol. The number of rotatable bonds is 5. The summed E-state index contributed by atoms with van der Waals surface area (Å²) in [6.45, 7) is 1.21. The summed E-state index contributed by atoms with van der Waals surface area (Å²) >= 11 is 0. The molecule has 1 heterocycles. The second-order valence-electron chi connectivity index (χ2n) is 5.28. The third-order valence-electron chi connectivity index (χ3n) is 3.71. The van der Waals surface area contributed by atoms with Crippen LogP contribution in [0.1, 0.15) is 48.3 Å². The largest absolute Gasteiger partial charge is 0.464 e. The van der Waals surface area contributed by atoms with Crippen molar-refractivity contribution in [1.29, 1.82) is 0 Å². The van der Waals surface area contributed by atoms with Crippen LogP contribution in [0.5, 0.6) is 0 Å². The van der Waals surface area contributed by atoms with Crippen LogP contribution in [0.2, 0.25) is 0 Å². The molecule has 0 amide bonds. The zero-order chi connectivity index (χ0) is 13.7. The molecule has 1 aromatic heterocycles. The van der Waals surface area contributed by atoms with E-state index in [-0.39, 0.29) is 5.97 Å². The van der Waals surface area contributed by atoms with E-state index in [1.807, 2.05) is 6.07 Å². The van der Waals surface area contributed by atoms with Crippen LogP contribution in [0.4, 0.5) is 0 Å². The lowest BCUT2D eigenvalue weighted by atomic mass is 9.85. The van der Waals surface area contributed by atoms with Gasteiger partial charge < -0.3 is 20.1 Å². The van der Waals surface area contributed by atoms with Crippen LogP contribution < -0.4 is 5.32 Å². The molecule has 0 saturated heterocycles. The number of carbonyl (C=O) groups is 1. The minimum atomic E-state index is -0.560. The van der Waals surface area contributed by atoms with Gasteiger partial charge in [0.1, 0.15) is 5.69 Å². The highest BCUT2D eigenvalue weighted by molar-refractivity contribution is 5.87. The third kappa shape index (κ3) is 3.81. The molecular formula is C14H22N2O3. The van der Waals surface area contributed by atoms with Gasteiger partial charge in [-0.1, -0.05) is 19.3 Å². The molecule has 5 heteroatoms. The van der Waals surface area contributed by atoms with Crippen LogP contribution in [0, 0.1) is 0 Å². The summed E-state index contributed by atoms with van der Waals surface area (Å²) in [5, 5.41) is 13.6. The summed E-state index contributed by atoms with van der Waals surface area (Å²) in [5.74, 6) is -0.364. The Morgan fingerprint density at radius 3 is 2.84 bits per heavy atom. The van der Waals surface area contributed by atoms with Gasteiger partial charge in [0.15, 0.2) is 0 Å². The standard InChI is InChI=1S/C14H22N2O3/c1-19-13(17)12-6-5-11(16-12)9-15-10-14(18)7-3-2-4-8-14/h5-6,15-16,18H,2-4,7-10H2,1H3. The topological polar surface area (TPSA) is 74.3 Å². The van der Waals surface area contributed by atoms with Gasteiger partial charge in [0, 0.05) is 18.8 Å². The fraction of sp³-hybridized carbons (Fsp3) is 0.643. The number of aliphatic hydroxyl groups is 1. The fourth-order valence-electron chi connectivity index (χ4n) is 2.59. The van der Waals surface area contributed by atoms with Crippen molar-refractivity contribution >= 4 is 5.97 Å². The molecule has 106 valence electrons. The molecule has 0 aromatic carbocycles. The van der Waals surface area contributed by atoms with Crippen LogP contribution in [-0.4, -0.2) is 35.3 Å². The molecule has 0 aliphatic heterocycles. The van der Waals surface area contributed by atoms with Gasteiger partial charge in [-0.15, -0.1) is 0 Å². The molecule has 1 aromatic rings. The molecule has 0 unspecified atom stereocenters. The fourth-order valence-corrected chi connectivity index (χ4v) is 2.59. The number of aromatic nitrogens is 1. The first-order valence-corrected chi connectivity index (χ1v) is 6.82. The SMILES string of the molecule is COC(=O)c1ccc(CNCC2(O)CCCCC2)[nH]1. The van der Waals surface area contributed by atoms with Gasteiger partial charge in [-0.2, -0.15) is 0 Å². The predicted molar refractivity (Wildman–Crippen MR) is 71.9 cm³/mol. The first-order valence-electron chi connectivity index (χ1n) is 6.82. The van der Waals surface area contributed by atoms with Crippen molar-refractivity contribution in [3.05, 3.63) is 23.5 Å². The van der Waals surface area contributed by atoms with Gasteiger partial charge in [0.25, 0.3) is 0 Å². The second kappa shape index (κ2) is 6.21. The Kier molecular flexibility index (Phi) is 4.61. The number of hydrogen-bond donors (Lipinski definition) is 3. The van der Waals surface area contributed by atoms with E-state index < -0.39 is 5.60 Å². The number of carbonyl (C=O) groups excluding carboxylic acids is 1. The number of methoxy groups -OCH3 is 1. The summed E-state index contributed by atoms with van der Waals surface area (Å²) in [6.07, 6.45) is 5.18. The van der Waals surface area contributed by atoms with Gasteiger partial charge in [-0.05, 0) is 25.0 Å². The molecule has 19 heavy (non-hydrogen) atoms. The van der Waals surface area contributed by atoms with E-state index in [4.69, 9.17) is 0 Å². The minimum Gasteiger partial charge on any atom is -0.464 e. The summed E-state index contributed by atoms with van der Waals surface area (Å²) in [7, 11) is 1.36. The van der Waals surface area contributed by atoms with Gasteiger partial charge >= 0.3 is 5.97 Å². The van der Waals surface area contributed by atoms with Crippen LogP contribution in [-0.2, 0) is 11.3 Å². The molecule has 1 saturated carbocycles. The molecule has 1 fully saturated rings. The quantitative estimate of drug-likeness (QED) is 0.707. The Bertz CT molecular complexity index is 422. The Morgan fingerprint density at radius 1 is 1.42 bits per heavy atom. The number of H-pyrrole nitrogens is 1. The lowest BCUT2D eigenvalue weighted by molar-refractivity contribution is 0.00461. The summed E-state index contributed by atoms with van der Waals surface area (Å²) < 4.78 is 4.63. The van der Waals surface area contributed by atoms with E-state index in [9.17, 15) is 9.90 Å². The molecule has 1 aliphatic carbocycles. The minimum absolute atomic E-state index is 0.364. The van der Waals surface area contributed by atoms with Crippen LogP contribution in [0.15, 0.2) is 12.1 Å². The van der Waals surface area contributed by atoms with E-state index in [0.717, 1.165) is 31.4 Å². The van der Waals surface area contributed by atoms with E-state index in [2.05, 4.69) is 15.0 Å². The second-order valence-corrected chi connectivity index (χ2v) is 5.28. The summed E-state index contributed by atoms with van der Waals surface area (Å²) in [6, 6.07) is 3.56. The molecule has 1 aliphatic rings. The Hall–Kier alpha value is -1.33. The van der Waals surface area contributed by atoms with Crippen LogP contribution in [0.3, 0.4) is 0 Å². The van der Waals surface area contributed by atoms with Crippen molar-refractivity contribution < 1.29 is 14.6 Å². The van der Waals surface area contributed by atoms with E-state index >= 15 is 0 Å². The summed E-state index contributed by atoms with van der Waals surface area (Å²) in [5.41, 5.74) is 0.811. The molecule has 0 radical (unpaired) electrons. The lowest BCUT2D eigenvalue weighted by Crippen LogP contribution is -2.41. The zero-order valence-electron chi connectivity index (χ0n) is 11.4. The van der Waals surface area contributed by atoms with Crippen molar-refractivity contribution in [2.75, 3.05) is 13.7 Å². The van der Waals surface area contributed by atoms with Crippen molar-refractivity contribution in [3.8, 4) is 0 Å². The summed E-state index contributed by atoms with van der Waals surface area (Å²) in [4.78, 5) is 14.3. The molecule has 0 atom stereocenters. The van der Waals surface area contributed by atoms with Crippen molar-refractivity contribution in [3.63, 3.8) is 0 Å². The van der Waals surface area contributed by atoms with Crippen LogP contribution >= 0.6 is 0 Å². The maximum absolute atomic E-state index is 11.3. The number of nitrogens with one attached hydrogen (secondary N) is 2. The average molecular weight is 266 g/mol. The maximum Gasteiger partial charge on any atom is 0.354 e. The maximum atomic E-state index is 11.3. The smallest absolute Gasteiger partial charge is 0.354 e. The average Bonchev–Trinajstić information content (AvgIpc) is 2.87. The lowest BCUT2D eigenvalue weighted by Gasteiger charge is -2.32. The highest BCUT2D eigenvalue weighted by atomic mass is 16.5.